The number of nitrogens with zero attached hydrogens (tertiary/aromatic N) is 2. The average molecular weight is 341 g/mol. The minimum atomic E-state index is -0.0671. The van der Waals surface area contributed by atoms with Crippen LogP contribution in [0.2, 0.25) is 0 Å². The first-order valence-electron chi connectivity index (χ1n) is 7.86. The van der Waals surface area contributed by atoms with Crippen LogP contribution < -0.4 is 5.32 Å². The number of amides is 1. The van der Waals surface area contributed by atoms with Crippen molar-refractivity contribution in [2.75, 3.05) is 5.32 Å². The molecule has 2 aromatic heterocycles. The SMILES string of the molecule is CC(C)c1ccc(NC(=O)CCc2nnc(-c3ccsc3)o2)cc1. The monoisotopic (exact) mass is 341 g/mol. The standard InChI is InChI=1S/C18H19N3O2S/c1-12(2)13-3-5-15(6-4-13)19-16(22)7-8-17-20-21-18(23-17)14-9-10-24-11-14/h3-6,9-12H,7-8H2,1-2H3,(H,19,22). The van der Waals surface area contributed by atoms with E-state index in [1.54, 1.807) is 11.3 Å². The van der Waals surface area contributed by atoms with Gasteiger partial charge in [0, 0.05) is 29.5 Å². The van der Waals surface area contributed by atoms with Crippen LogP contribution in [-0.4, -0.2) is 16.1 Å². The van der Waals surface area contributed by atoms with Crippen molar-refractivity contribution in [1.29, 1.82) is 0 Å². The lowest BCUT2D eigenvalue weighted by molar-refractivity contribution is -0.116. The molecule has 0 bridgehead atoms. The summed E-state index contributed by atoms with van der Waals surface area (Å²) in [5, 5.41) is 14.8. The largest absolute Gasteiger partial charge is 0.421 e. The quantitative estimate of drug-likeness (QED) is 0.717. The summed E-state index contributed by atoms with van der Waals surface area (Å²) < 4.78 is 5.58. The molecule has 0 saturated heterocycles. The molecular formula is C18H19N3O2S. The van der Waals surface area contributed by atoms with Crippen LogP contribution in [0.5, 0.6) is 0 Å². The smallest absolute Gasteiger partial charge is 0.248 e. The van der Waals surface area contributed by atoms with Gasteiger partial charge in [-0.1, -0.05) is 26.0 Å². The van der Waals surface area contributed by atoms with Gasteiger partial charge in [-0.2, -0.15) is 11.3 Å². The Morgan fingerprint density at radius 3 is 2.67 bits per heavy atom. The molecule has 0 radical (unpaired) electrons. The molecule has 0 aliphatic rings. The van der Waals surface area contributed by atoms with E-state index in [2.05, 4.69) is 29.4 Å². The Labute approximate surface area is 144 Å². The van der Waals surface area contributed by atoms with Crippen molar-refractivity contribution in [2.45, 2.75) is 32.6 Å². The summed E-state index contributed by atoms with van der Waals surface area (Å²) in [6.07, 6.45) is 0.726. The predicted octanol–water partition coefficient (Wildman–Crippen LogP) is 4.49. The number of nitrogens with one attached hydrogen (secondary N) is 1. The first-order valence-corrected chi connectivity index (χ1v) is 8.81. The molecule has 124 valence electrons. The van der Waals surface area contributed by atoms with E-state index in [9.17, 15) is 4.79 Å². The molecule has 24 heavy (non-hydrogen) atoms. The topological polar surface area (TPSA) is 68.0 Å². The van der Waals surface area contributed by atoms with E-state index in [1.807, 2.05) is 41.1 Å². The Balaban J connectivity index is 1.52. The molecule has 1 N–H and O–H groups in total. The van der Waals surface area contributed by atoms with Crippen molar-refractivity contribution in [3.63, 3.8) is 0 Å². The lowest BCUT2D eigenvalue weighted by atomic mass is 10.0. The number of carbonyl (C=O) groups excluding carboxylic acids is 1. The van der Waals surface area contributed by atoms with Gasteiger partial charge in [0.25, 0.3) is 0 Å². The van der Waals surface area contributed by atoms with Crippen molar-refractivity contribution in [3.05, 3.63) is 52.5 Å². The van der Waals surface area contributed by atoms with E-state index in [4.69, 9.17) is 4.42 Å². The lowest BCUT2D eigenvalue weighted by Crippen LogP contribution is -2.12. The number of aryl methyl sites for hydroxylation is 1. The summed E-state index contributed by atoms with van der Waals surface area (Å²) in [6, 6.07) is 9.84. The van der Waals surface area contributed by atoms with E-state index in [-0.39, 0.29) is 5.91 Å². The maximum absolute atomic E-state index is 12.0. The first-order chi connectivity index (χ1) is 11.6. The Bertz CT molecular complexity index is 792. The maximum atomic E-state index is 12.0. The highest BCUT2D eigenvalue weighted by Gasteiger charge is 2.11. The third-order valence-electron chi connectivity index (χ3n) is 3.66. The Morgan fingerprint density at radius 2 is 2.00 bits per heavy atom. The zero-order valence-electron chi connectivity index (χ0n) is 13.7. The van der Waals surface area contributed by atoms with Crippen LogP contribution >= 0.6 is 11.3 Å². The highest BCUT2D eigenvalue weighted by molar-refractivity contribution is 7.08. The molecule has 0 saturated carbocycles. The van der Waals surface area contributed by atoms with Crippen LogP contribution in [0, 0.1) is 0 Å². The number of aromatic nitrogens is 2. The van der Waals surface area contributed by atoms with E-state index in [0.717, 1.165) is 11.3 Å². The molecule has 1 aromatic carbocycles. The summed E-state index contributed by atoms with van der Waals surface area (Å²) in [5.74, 6) is 1.38. The molecule has 3 aromatic rings. The third kappa shape index (κ3) is 4.08. The second kappa shape index (κ2) is 7.40. The number of benzene rings is 1. The fraction of sp³-hybridized carbons (Fsp3) is 0.278. The molecule has 3 rings (SSSR count). The van der Waals surface area contributed by atoms with Crippen LogP contribution in [0.4, 0.5) is 5.69 Å². The van der Waals surface area contributed by atoms with E-state index in [0.29, 0.717) is 30.5 Å². The van der Waals surface area contributed by atoms with Crippen LogP contribution in [0.15, 0.2) is 45.5 Å². The molecule has 1 amide bonds. The number of carbonyl (C=O) groups is 1. The molecule has 0 aliphatic heterocycles. The van der Waals surface area contributed by atoms with Crippen LogP contribution in [-0.2, 0) is 11.2 Å². The van der Waals surface area contributed by atoms with E-state index < -0.39 is 0 Å². The number of hydrogen-bond donors (Lipinski definition) is 1. The highest BCUT2D eigenvalue weighted by Crippen LogP contribution is 2.21. The van der Waals surface area contributed by atoms with Crippen molar-refractivity contribution in [1.82, 2.24) is 10.2 Å². The summed E-state index contributed by atoms with van der Waals surface area (Å²) in [4.78, 5) is 12.0. The number of rotatable bonds is 6. The minimum absolute atomic E-state index is 0.0671. The molecular weight excluding hydrogens is 322 g/mol. The van der Waals surface area contributed by atoms with Gasteiger partial charge in [0.2, 0.25) is 17.7 Å². The number of thiophene rings is 1. The van der Waals surface area contributed by atoms with Gasteiger partial charge in [0.1, 0.15) is 0 Å². The number of hydrogen-bond acceptors (Lipinski definition) is 5. The molecule has 0 aliphatic carbocycles. The summed E-state index contributed by atoms with van der Waals surface area (Å²) in [7, 11) is 0. The van der Waals surface area contributed by atoms with E-state index in [1.165, 1.54) is 5.56 Å². The molecule has 2 heterocycles. The molecule has 0 fully saturated rings. The lowest BCUT2D eigenvalue weighted by Gasteiger charge is -2.08. The van der Waals surface area contributed by atoms with Crippen molar-refractivity contribution < 1.29 is 9.21 Å². The van der Waals surface area contributed by atoms with Crippen molar-refractivity contribution in [3.8, 4) is 11.5 Å². The van der Waals surface area contributed by atoms with Gasteiger partial charge >= 0.3 is 0 Å². The molecule has 6 heteroatoms. The van der Waals surface area contributed by atoms with Gasteiger partial charge in [-0.15, -0.1) is 10.2 Å². The maximum Gasteiger partial charge on any atom is 0.248 e. The van der Waals surface area contributed by atoms with Crippen molar-refractivity contribution in [2.24, 2.45) is 0 Å². The van der Waals surface area contributed by atoms with Gasteiger partial charge < -0.3 is 9.73 Å². The van der Waals surface area contributed by atoms with Gasteiger partial charge in [-0.05, 0) is 35.1 Å². The van der Waals surface area contributed by atoms with Crippen molar-refractivity contribution >= 4 is 22.9 Å². The molecule has 0 spiro atoms. The van der Waals surface area contributed by atoms with Crippen LogP contribution in [0.1, 0.15) is 37.6 Å². The summed E-state index contributed by atoms with van der Waals surface area (Å²) >= 11 is 1.57. The second-order valence-corrected chi connectivity index (χ2v) is 6.62. The molecule has 0 unspecified atom stereocenters. The summed E-state index contributed by atoms with van der Waals surface area (Å²) in [5.41, 5.74) is 2.96. The highest BCUT2D eigenvalue weighted by atomic mass is 32.1. The Kier molecular flexibility index (Phi) is 5.05. The second-order valence-electron chi connectivity index (χ2n) is 5.84. The normalized spacial score (nSPS) is 11.0. The van der Waals surface area contributed by atoms with Crippen LogP contribution in [0.25, 0.3) is 11.5 Å². The molecule has 5 nitrogen and oxygen atoms in total. The first kappa shape index (κ1) is 16.4. The Morgan fingerprint density at radius 1 is 1.21 bits per heavy atom. The fourth-order valence-electron chi connectivity index (χ4n) is 2.25. The average Bonchev–Trinajstić information content (AvgIpc) is 3.25. The fourth-order valence-corrected chi connectivity index (χ4v) is 2.88. The zero-order chi connectivity index (χ0) is 16.9. The van der Waals surface area contributed by atoms with Crippen LogP contribution in [0.3, 0.4) is 0 Å². The predicted molar refractivity (Wildman–Crippen MR) is 95.1 cm³/mol. The van der Waals surface area contributed by atoms with Gasteiger partial charge in [0.05, 0.1) is 0 Å². The zero-order valence-corrected chi connectivity index (χ0v) is 14.5. The van der Waals surface area contributed by atoms with Gasteiger partial charge in [0.15, 0.2) is 0 Å². The van der Waals surface area contributed by atoms with E-state index >= 15 is 0 Å². The van der Waals surface area contributed by atoms with Gasteiger partial charge in [-0.25, -0.2) is 0 Å². The van der Waals surface area contributed by atoms with Gasteiger partial charge in [-0.3, -0.25) is 4.79 Å². The Hall–Kier alpha value is -2.47. The molecule has 0 atom stereocenters. The minimum Gasteiger partial charge on any atom is -0.421 e. The third-order valence-corrected chi connectivity index (χ3v) is 4.35. The summed E-state index contributed by atoms with van der Waals surface area (Å²) in [6.45, 7) is 4.28. The number of anilines is 1.